The third-order valence-corrected chi connectivity index (χ3v) is 7.53. The van der Waals surface area contributed by atoms with Gasteiger partial charge in [-0.2, -0.15) is 5.26 Å². The summed E-state index contributed by atoms with van der Waals surface area (Å²) in [6.45, 7) is 21.1. The minimum Gasteiger partial charge on any atom is -0.207 e. The minimum absolute atomic E-state index is 0. The molecule has 0 aliphatic carbocycles. The van der Waals surface area contributed by atoms with Crippen LogP contribution in [0.3, 0.4) is 0 Å². The zero-order valence-electron chi connectivity index (χ0n) is 24.2. The first-order valence-corrected chi connectivity index (χ1v) is 14.0. The zero-order chi connectivity index (χ0) is 27.9. The maximum absolute atomic E-state index is 13.1. The standard InChI is InChI=1S/C12H14S.C11H15F.C11H13N.CH4/c1-8(2)11-7-10-4-5-13-12(10)6-9(11)3;1-7(2)10-6-11(12)9(4)5-8(10)3;1-8(2)11-5-4-10(7-12)6-9(11)3;/h4-8H,1-3H3;5-7H,1-4H3;4-6,8H,1-3H3;1H4. The average molecular weight is 532 g/mol. The Hall–Kier alpha value is -2.96. The second kappa shape index (κ2) is 14.8. The number of rotatable bonds is 3. The quantitative estimate of drug-likeness (QED) is 0.258. The average Bonchev–Trinajstić information content (AvgIpc) is 3.28. The smallest absolute Gasteiger partial charge is 0.126 e. The lowest BCUT2D eigenvalue weighted by molar-refractivity contribution is 0.613. The summed E-state index contributed by atoms with van der Waals surface area (Å²) in [6.07, 6.45) is 0. The molecule has 3 aromatic carbocycles. The largest absolute Gasteiger partial charge is 0.207 e. The molecule has 1 nitrogen and oxygen atoms in total. The summed E-state index contributed by atoms with van der Waals surface area (Å²) < 4.78 is 14.5. The normalized spacial score (nSPS) is 10.4. The van der Waals surface area contributed by atoms with Crippen LogP contribution in [-0.4, -0.2) is 0 Å². The summed E-state index contributed by atoms with van der Waals surface area (Å²) >= 11 is 1.82. The van der Waals surface area contributed by atoms with Crippen LogP contribution in [0.2, 0.25) is 0 Å². The van der Waals surface area contributed by atoms with E-state index in [4.69, 9.17) is 5.26 Å². The minimum atomic E-state index is -0.0932. The van der Waals surface area contributed by atoms with Gasteiger partial charge in [0.25, 0.3) is 0 Å². The monoisotopic (exact) mass is 531 g/mol. The van der Waals surface area contributed by atoms with Crippen molar-refractivity contribution in [1.82, 2.24) is 0 Å². The van der Waals surface area contributed by atoms with Gasteiger partial charge in [0.15, 0.2) is 0 Å². The maximum Gasteiger partial charge on any atom is 0.126 e. The highest BCUT2D eigenvalue weighted by atomic mass is 32.1. The lowest BCUT2D eigenvalue weighted by Crippen LogP contribution is -1.95. The van der Waals surface area contributed by atoms with Gasteiger partial charge < -0.3 is 0 Å². The number of fused-ring (bicyclic) bond motifs is 1. The van der Waals surface area contributed by atoms with Crippen molar-refractivity contribution in [2.24, 2.45) is 0 Å². The van der Waals surface area contributed by atoms with Gasteiger partial charge in [-0.3, -0.25) is 0 Å². The fourth-order valence-corrected chi connectivity index (χ4v) is 5.48. The summed E-state index contributed by atoms with van der Waals surface area (Å²) in [5, 5.41) is 12.2. The molecule has 204 valence electrons. The number of aryl methyl sites for hydroxylation is 4. The molecule has 0 atom stereocenters. The molecule has 0 N–H and O–H groups in total. The van der Waals surface area contributed by atoms with E-state index in [1.807, 2.05) is 42.5 Å². The van der Waals surface area contributed by atoms with Gasteiger partial charge in [-0.1, -0.05) is 61.1 Å². The molecule has 0 radical (unpaired) electrons. The fraction of sp³-hybridized carbons (Fsp3) is 0.400. The number of hydrogen-bond acceptors (Lipinski definition) is 2. The second-order valence-electron chi connectivity index (χ2n) is 10.8. The maximum atomic E-state index is 13.1. The summed E-state index contributed by atoms with van der Waals surface area (Å²) in [5.41, 5.74) is 9.21. The van der Waals surface area contributed by atoms with E-state index in [1.165, 1.54) is 37.9 Å². The van der Waals surface area contributed by atoms with Gasteiger partial charge in [-0.05, 0) is 132 Å². The Balaban J connectivity index is 0.000000282. The van der Waals surface area contributed by atoms with Crippen molar-refractivity contribution in [1.29, 1.82) is 5.26 Å². The molecule has 0 saturated heterocycles. The molecule has 0 spiro atoms. The molecule has 0 aliphatic heterocycles. The van der Waals surface area contributed by atoms with Crippen LogP contribution in [0.25, 0.3) is 10.1 Å². The number of benzene rings is 3. The highest BCUT2D eigenvalue weighted by Crippen LogP contribution is 2.28. The number of nitrogens with zero attached hydrogens (tertiary/aromatic N) is 1. The highest BCUT2D eigenvalue weighted by Gasteiger charge is 2.07. The predicted molar refractivity (Wildman–Crippen MR) is 167 cm³/mol. The predicted octanol–water partition coefficient (Wildman–Crippen LogP) is 11.5. The number of hydrogen-bond donors (Lipinski definition) is 0. The van der Waals surface area contributed by atoms with E-state index in [1.54, 1.807) is 13.0 Å². The molecule has 0 fully saturated rings. The molecular formula is C35H46FNS. The van der Waals surface area contributed by atoms with Crippen LogP contribution in [0.5, 0.6) is 0 Å². The van der Waals surface area contributed by atoms with E-state index in [9.17, 15) is 4.39 Å². The Labute approximate surface area is 235 Å². The van der Waals surface area contributed by atoms with E-state index >= 15 is 0 Å². The van der Waals surface area contributed by atoms with Crippen molar-refractivity contribution in [2.75, 3.05) is 0 Å². The van der Waals surface area contributed by atoms with Crippen molar-refractivity contribution in [3.05, 3.63) is 104 Å². The second-order valence-corrected chi connectivity index (χ2v) is 11.7. The van der Waals surface area contributed by atoms with E-state index in [2.05, 4.69) is 85.0 Å². The molecule has 0 unspecified atom stereocenters. The number of thiophene rings is 1. The molecule has 4 aromatic rings. The molecule has 4 rings (SSSR count). The topological polar surface area (TPSA) is 23.8 Å². The van der Waals surface area contributed by atoms with Gasteiger partial charge in [0.2, 0.25) is 0 Å². The van der Waals surface area contributed by atoms with E-state index in [0.29, 0.717) is 17.8 Å². The molecule has 38 heavy (non-hydrogen) atoms. The van der Waals surface area contributed by atoms with E-state index < -0.39 is 0 Å². The first-order valence-electron chi connectivity index (χ1n) is 13.1. The SMILES string of the molecule is C.Cc1cc(C#N)ccc1C(C)C.Cc1cc(C)c(C(C)C)cc1F.Cc1cc2sccc2cc1C(C)C. The van der Waals surface area contributed by atoms with Gasteiger partial charge in [-0.25, -0.2) is 4.39 Å². The fourth-order valence-electron chi connectivity index (χ4n) is 4.61. The summed E-state index contributed by atoms with van der Waals surface area (Å²) in [6, 6.07) is 18.4. The van der Waals surface area contributed by atoms with Gasteiger partial charge in [0.1, 0.15) is 5.82 Å². The van der Waals surface area contributed by atoms with E-state index in [0.717, 1.165) is 16.7 Å². The van der Waals surface area contributed by atoms with Crippen molar-refractivity contribution in [2.45, 2.75) is 94.4 Å². The Morgan fingerprint density at radius 3 is 1.71 bits per heavy atom. The Morgan fingerprint density at radius 2 is 1.18 bits per heavy atom. The van der Waals surface area contributed by atoms with Crippen molar-refractivity contribution in [3.8, 4) is 6.07 Å². The summed E-state index contributed by atoms with van der Waals surface area (Å²) in [7, 11) is 0. The lowest BCUT2D eigenvalue weighted by atomic mass is 9.96. The van der Waals surface area contributed by atoms with Gasteiger partial charge in [-0.15, -0.1) is 11.3 Å². The summed E-state index contributed by atoms with van der Waals surface area (Å²) in [4.78, 5) is 0. The zero-order valence-corrected chi connectivity index (χ0v) is 25.0. The summed E-state index contributed by atoms with van der Waals surface area (Å²) in [5.74, 6) is 1.48. The molecule has 0 amide bonds. The number of halogens is 1. The van der Waals surface area contributed by atoms with Crippen molar-refractivity contribution in [3.63, 3.8) is 0 Å². The van der Waals surface area contributed by atoms with Gasteiger partial charge in [0.05, 0.1) is 11.6 Å². The Morgan fingerprint density at radius 1 is 0.658 bits per heavy atom. The number of nitriles is 1. The molecular weight excluding hydrogens is 485 g/mol. The first-order chi connectivity index (χ1) is 17.3. The third kappa shape index (κ3) is 8.81. The van der Waals surface area contributed by atoms with Crippen LogP contribution in [0.15, 0.2) is 53.9 Å². The molecule has 0 bridgehead atoms. The highest BCUT2D eigenvalue weighted by molar-refractivity contribution is 7.17. The molecule has 1 aromatic heterocycles. The van der Waals surface area contributed by atoms with Crippen LogP contribution in [0.1, 0.15) is 111 Å². The van der Waals surface area contributed by atoms with Crippen LogP contribution < -0.4 is 0 Å². The van der Waals surface area contributed by atoms with Crippen LogP contribution in [0, 0.1) is 44.8 Å². The molecule has 3 heteroatoms. The van der Waals surface area contributed by atoms with Crippen molar-refractivity contribution >= 4 is 21.4 Å². The van der Waals surface area contributed by atoms with Crippen LogP contribution >= 0.6 is 11.3 Å². The molecule has 0 saturated carbocycles. The van der Waals surface area contributed by atoms with Gasteiger partial charge >= 0.3 is 0 Å². The third-order valence-electron chi connectivity index (χ3n) is 6.65. The van der Waals surface area contributed by atoms with Crippen LogP contribution in [0.4, 0.5) is 4.39 Å². The van der Waals surface area contributed by atoms with Crippen LogP contribution in [-0.2, 0) is 0 Å². The molecule has 0 aliphatic rings. The Kier molecular flexibility index (Phi) is 12.9. The lowest BCUT2D eigenvalue weighted by Gasteiger charge is -2.10. The molecule has 1 heterocycles. The van der Waals surface area contributed by atoms with Crippen molar-refractivity contribution < 1.29 is 4.39 Å². The van der Waals surface area contributed by atoms with Gasteiger partial charge in [0, 0.05) is 4.70 Å². The first kappa shape index (κ1) is 33.1. The van der Waals surface area contributed by atoms with E-state index in [-0.39, 0.29) is 13.2 Å². The Bertz CT molecular complexity index is 1370.